The Hall–Kier alpha value is -1.69. The van der Waals surface area contributed by atoms with E-state index in [-0.39, 0.29) is 5.82 Å². The van der Waals surface area contributed by atoms with Crippen molar-refractivity contribution in [1.82, 2.24) is 4.98 Å². The molecule has 2 heterocycles. The van der Waals surface area contributed by atoms with Gasteiger partial charge in [0.1, 0.15) is 0 Å². The maximum Gasteiger partial charge on any atom is 0.363 e. The minimum atomic E-state index is -0.497. The first-order chi connectivity index (χ1) is 9.08. The number of pyridine rings is 1. The van der Waals surface area contributed by atoms with E-state index in [1.54, 1.807) is 6.07 Å². The molecule has 1 aliphatic rings. The van der Waals surface area contributed by atoms with Crippen LogP contribution in [0.15, 0.2) is 18.3 Å². The lowest BCUT2D eigenvalue weighted by Gasteiger charge is -2.22. The molecule has 19 heavy (non-hydrogen) atoms. The van der Waals surface area contributed by atoms with Gasteiger partial charge in [0.2, 0.25) is 0 Å². The van der Waals surface area contributed by atoms with Crippen molar-refractivity contribution in [3.8, 4) is 0 Å². The quantitative estimate of drug-likeness (QED) is 0.653. The molecule has 0 aliphatic carbocycles. The van der Waals surface area contributed by atoms with Crippen molar-refractivity contribution in [2.75, 3.05) is 18.5 Å². The summed E-state index contributed by atoms with van der Waals surface area (Å²) in [6, 6.07) is 3.10. The van der Waals surface area contributed by atoms with Crippen LogP contribution in [0.1, 0.15) is 20.3 Å². The summed E-state index contributed by atoms with van der Waals surface area (Å²) in [7, 11) is 0. The topological polar surface area (TPSA) is 77.3 Å². The van der Waals surface area contributed by atoms with E-state index in [2.05, 4.69) is 24.1 Å². The predicted octanol–water partition coefficient (Wildman–Crippen LogP) is 2.46. The minimum absolute atomic E-state index is 0.130. The SMILES string of the molecule is CC(C)C1OCCC1CNc1ccc([N+](=O)[O-])nc1. The molecular weight excluding hydrogens is 246 g/mol. The highest BCUT2D eigenvalue weighted by Gasteiger charge is 2.30. The minimum Gasteiger partial charge on any atom is -0.382 e. The van der Waals surface area contributed by atoms with Crippen molar-refractivity contribution in [2.24, 2.45) is 11.8 Å². The largest absolute Gasteiger partial charge is 0.382 e. The summed E-state index contributed by atoms with van der Waals surface area (Å²) >= 11 is 0. The summed E-state index contributed by atoms with van der Waals surface area (Å²) in [5, 5.41) is 13.8. The second-order valence-corrected chi connectivity index (χ2v) is 5.17. The van der Waals surface area contributed by atoms with E-state index in [0.717, 1.165) is 25.3 Å². The summed E-state index contributed by atoms with van der Waals surface area (Å²) in [4.78, 5) is 13.8. The highest BCUT2D eigenvalue weighted by molar-refractivity contribution is 5.43. The molecular formula is C13H19N3O3. The number of anilines is 1. The van der Waals surface area contributed by atoms with E-state index in [0.29, 0.717) is 17.9 Å². The number of aromatic nitrogens is 1. The number of nitrogens with one attached hydrogen (secondary N) is 1. The van der Waals surface area contributed by atoms with Crippen molar-refractivity contribution in [3.05, 3.63) is 28.4 Å². The van der Waals surface area contributed by atoms with E-state index >= 15 is 0 Å². The molecule has 0 spiro atoms. The average molecular weight is 265 g/mol. The Morgan fingerprint density at radius 1 is 1.58 bits per heavy atom. The third-order valence-electron chi connectivity index (χ3n) is 3.42. The number of hydrogen-bond acceptors (Lipinski definition) is 5. The fourth-order valence-electron chi connectivity index (χ4n) is 2.46. The first-order valence-corrected chi connectivity index (χ1v) is 6.54. The van der Waals surface area contributed by atoms with Crippen molar-refractivity contribution in [3.63, 3.8) is 0 Å². The standard InChI is InChI=1S/C13H19N3O3/c1-9(2)13-10(5-6-19-13)7-14-11-3-4-12(15-8-11)16(17)18/h3-4,8-10,13-14H,5-7H2,1-2H3. The van der Waals surface area contributed by atoms with E-state index in [9.17, 15) is 10.1 Å². The van der Waals surface area contributed by atoms with Gasteiger partial charge in [-0.15, -0.1) is 0 Å². The second kappa shape index (κ2) is 5.97. The fourth-order valence-corrected chi connectivity index (χ4v) is 2.46. The third kappa shape index (κ3) is 3.41. The molecule has 1 fully saturated rings. The van der Waals surface area contributed by atoms with Crippen molar-refractivity contribution in [1.29, 1.82) is 0 Å². The highest BCUT2D eigenvalue weighted by atomic mass is 16.6. The van der Waals surface area contributed by atoms with Crippen LogP contribution in [0.25, 0.3) is 0 Å². The zero-order valence-corrected chi connectivity index (χ0v) is 11.2. The predicted molar refractivity (Wildman–Crippen MR) is 72.1 cm³/mol. The van der Waals surface area contributed by atoms with Crippen molar-refractivity contribution >= 4 is 11.5 Å². The Labute approximate surface area is 112 Å². The first-order valence-electron chi connectivity index (χ1n) is 6.54. The Morgan fingerprint density at radius 2 is 2.37 bits per heavy atom. The molecule has 1 aromatic rings. The summed E-state index contributed by atoms with van der Waals surface area (Å²) in [6.07, 6.45) is 2.84. The van der Waals surface area contributed by atoms with Gasteiger partial charge in [0, 0.05) is 25.1 Å². The fraction of sp³-hybridized carbons (Fsp3) is 0.615. The van der Waals surface area contributed by atoms with Gasteiger partial charge < -0.3 is 20.2 Å². The van der Waals surface area contributed by atoms with Gasteiger partial charge >= 0.3 is 5.82 Å². The molecule has 6 nitrogen and oxygen atoms in total. The van der Waals surface area contributed by atoms with Crippen LogP contribution in [0.4, 0.5) is 11.5 Å². The summed E-state index contributed by atoms with van der Waals surface area (Å²) in [5.41, 5.74) is 0.806. The van der Waals surface area contributed by atoms with Crippen LogP contribution in [-0.2, 0) is 4.74 Å². The van der Waals surface area contributed by atoms with Crippen LogP contribution in [-0.4, -0.2) is 29.2 Å². The van der Waals surface area contributed by atoms with E-state index < -0.39 is 4.92 Å². The van der Waals surface area contributed by atoms with Gasteiger partial charge in [-0.3, -0.25) is 0 Å². The Bertz CT molecular complexity index is 433. The molecule has 2 rings (SSSR count). The van der Waals surface area contributed by atoms with Crippen LogP contribution >= 0.6 is 0 Å². The molecule has 1 aliphatic heterocycles. The molecule has 2 unspecified atom stereocenters. The van der Waals surface area contributed by atoms with E-state index in [1.807, 2.05) is 0 Å². The molecule has 2 atom stereocenters. The monoisotopic (exact) mass is 265 g/mol. The highest BCUT2D eigenvalue weighted by Crippen LogP contribution is 2.27. The van der Waals surface area contributed by atoms with Crippen LogP contribution in [0.2, 0.25) is 0 Å². The van der Waals surface area contributed by atoms with Gasteiger partial charge in [0.05, 0.1) is 11.8 Å². The van der Waals surface area contributed by atoms with Gasteiger partial charge in [-0.1, -0.05) is 13.8 Å². The number of nitrogens with zero attached hydrogens (tertiary/aromatic N) is 2. The zero-order valence-electron chi connectivity index (χ0n) is 11.2. The molecule has 1 saturated heterocycles. The number of nitro groups is 1. The first kappa shape index (κ1) is 13.7. The number of hydrogen-bond donors (Lipinski definition) is 1. The Balaban J connectivity index is 1.90. The van der Waals surface area contributed by atoms with Gasteiger partial charge in [-0.05, 0) is 28.3 Å². The number of ether oxygens (including phenoxy) is 1. The molecule has 6 heteroatoms. The molecule has 0 amide bonds. The number of rotatable bonds is 5. The van der Waals surface area contributed by atoms with Crippen LogP contribution in [0, 0.1) is 22.0 Å². The summed E-state index contributed by atoms with van der Waals surface area (Å²) in [5.74, 6) is 0.856. The van der Waals surface area contributed by atoms with Crippen LogP contribution in [0.3, 0.4) is 0 Å². The van der Waals surface area contributed by atoms with Crippen LogP contribution in [0.5, 0.6) is 0 Å². The lowest BCUT2D eigenvalue weighted by atomic mass is 9.93. The van der Waals surface area contributed by atoms with E-state index in [4.69, 9.17) is 4.74 Å². The molecule has 0 radical (unpaired) electrons. The van der Waals surface area contributed by atoms with E-state index in [1.165, 1.54) is 12.3 Å². The maximum atomic E-state index is 10.5. The van der Waals surface area contributed by atoms with Crippen molar-refractivity contribution < 1.29 is 9.66 Å². The lowest BCUT2D eigenvalue weighted by Crippen LogP contribution is -2.27. The summed E-state index contributed by atoms with van der Waals surface area (Å²) in [6.45, 7) is 5.95. The Kier molecular flexibility index (Phi) is 4.31. The smallest absolute Gasteiger partial charge is 0.363 e. The zero-order chi connectivity index (χ0) is 13.8. The molecule has 1 aromatic heterocycles. The average Bonchev–Trinajstić information content (AvgIpc) is 2.85. The molecule has 0 aromatic carbocycles. The molecule has 0 bridgehead atoms. The molecule has 1 N–H and O–H groups in total. The van der Waals surface area contributed by atoms with Gasteiger partial charge in [0.15, 0.2) is 6.20 Å². The van der Waals surface area contributed by atoms with Gasteiger partial charge in [-0.25, -0.2) is 0 Å². The molecule has 0 saturated carbocycles. The van der Waals surface area contributed by atoms with Gasteiger partial charge in [0.25, 0.3) is 0 Å². The Morgan fingerprint density at radius 3 is 2.95 bits per heavy atom. The van der Waals surface area contributed by atoms with Crippen molar-refractivity contribution in [2.45, 2.75) is 26.4 Å². The second-order valence-electron chi connectivity index (χ2n) is 5.17. The third-order valence-corrected chi connectivity index (χ3v) is 3.42. The summed E-state index contributed by atoms with van der Waals surface area (Å²) < 4.78 is 5.72. The lowest BCUT2D eigenvalue weighted by molar-refractivity contribution is -0.389. The normalized spacial score (nSPS) is 22.7. The van der Waals surface area contributed by atoms with Gasteiger partial charge in [-0.2, -0.15) is 0 Å². The van der Waals surface area contributed by atoms with Crippen LogP contribution < -0.4 is 5.32 Å². The maximum absolute atomic E-state index is 10.5. The molecule has 104 valence electrons.